The van der Waals surface area contributed by atoms with E-state index in [1.54, 1.807) is 0 Å². The number of benzene rings is 1. The first-order valence-corrected chi connectivity index (χ1v) is 6.20. The van der Waals surface area contributed by atoms with Crippen molar-refractivity contribution in [3.05, 3.63) is 21.2 Å². The lowest BCUT2D eigenvalue weighted by molar-refractivity contribution is 0.398. The second kappa shape index (κ2) is 5.65. The third kappa shape index (κ3) is 2.38. The predicted octanol–water partition coefficient (Wildman–Crippen LogP) is 4.31. The van der Waals surface area contributed by atoms with Gasteiger partial charge in [0.1, 0.15) is 5.02 Å². The zero-order chi connectivity index (χ0) is 12.3. The number of rotatable bonds is 4. The molecule has 90 valence electrons. The fourth-order valence-corrected chi connectivity index (χ4v) is 2.29. The van der Waals surface area contributed by atoms with E-state index in [-0.39, 0.29) is 16.5 Å². The van der Waals surface area contributed by atoms with Crippen LogP contribution in [0.15, 0.2) is 0 Å². The van der Waals surface area contributed by atoms with Crippen LogP contribution < -0.4 is 0 Å². The lowest BCUT2D eigenvalue weighted by Crippen LogP contribution is -1.97. The third-order valence-corrected chi connectivity index (χ3v) is 3.42. The molecule has 2 N–H and O–H groups in total. The highest BCUT2D eigenvalue weighted by Gasteiger charge is 2.20. The smallest absolute Gasteiger partial charge is 0.178 e. The first kappa shape index (κ1) is 13.5. The molecule has 0 aromatic heterocycles. The lowest BCUT2D eigenvalue weighted by atomic mass is 9.98. The minimum atomic E-state index is -0.310. The fraction of sp³-hybridized carbons (Fsp3) is 0.500. The molecule has 0 aliphatic rings. The fourth-order valence-electron chi connectivity index (χ4n) is 1.79. The van der Waals surface area contributed by atoms with Crippen molar-refractivity contribution in [3.63, 3.8) is 0 Å². The average molecular weight is 263 g/mol. The zero-order valence-electron chi connectivity index (χ0n) is 9.48. The maximum absolute atomic E-state index is 9.85. The van der Waals surface area contributed by atoms with E-state index in [1.807, 2.05) is 13.8 Å². The molecule has 0 radical (unpaired) electrons. The van der Waals surface area contributed by atoms with Gasteiger partial charge in [0, 0.05) is 5.56 Å². The molecule has 4 heteroatoms. The van der Waals surface area contributed by atoms with Gasteiger partial charge in [-0.25, -0.2) is 0 Å². The van der Waals surface area contributed by atoms with Crippen molar-refractivity contribution in [2.45, 2.75) is 39.5 Å². The van der Waals surface area contributed by atoms with E-state index in [0.29, 0.717) is 11.4 Å². The van der Waals surface area contributed by atoms with Gasteiger partial charge in [-0.05, 0) is 18.4 Å². The number of hydrogen-bond donors (Lipinski definition) is 2. The SMILES string of the molecule is CCCc1c(O)c(O)c(Cl)c(Cl)c1CCC. The molecule has 0 heterocycles. The molecule has 0 saturated carbocycles. The first-order valence-electron chi connectivity index (χ1n) is 5.45. The summed E-state index contributed by atoms with van der Waals surface area (Å²) in [5.74, 6) is -0.435. The largest absolute Gasteiger partial charge is 0.504 e. The van der Waals surface area contributed by atoms with Crippen LogP contribution in [0.4, 0.5) is 0 Å². The molecule has 0 fully saturated rings. The number of phenolic OH excluding ortho intramolecular Hbond substituents is 2. The Kier molecular flexibility index (Phi) is 4.75. The second-order valence-electron chi connectivity index (χ2n) is 3.78. The average Bonchev–Trinajstić information content (AvgIpc) is 2.28. The maximum Gasteiger partial charge on any atom is 0.178 e. The zero-order valence-corrected chi connectivity index (χ0v) is 11.0. The molecule has 0 amide bonds. The second-order valence-corrected chi connectivity index (χ2v) is 4.54. The van der Waals surface area contributed by atoms with E-state index in [0.717, 1.165) is 30.4 Å². The van der Waals surface area contributed by atoms with Crippen molar-refractivity contribution < 1.29 is 10.2 Å². The van der Waals surface area contributed by atoms with Crippen molar-refractivity contribution in [2.75, 3.05) is 0 Å². The van der Waals surface area contributed by atoms with E-state index in [9.17, 15) is 10.2 Å². The molecule has 0 saturated heterocycles. The summed E-state index contributed by atoms with van der Waals surface area (Å²) in [5, 5.41) is 19.9. The van der Waals surface area contributed by atoms with Crippen LogP contribution in [0, 0.1) is 0 Å². The van der Waals surface area contributed by atoms with E-state index in [4.69, 9.17) is 23.2 Å². The Bertz CT molecular complexity index is 352. The molecule has 0 atom stereocenters. The van der Waals surface area contributed by atoms with Gasteiger partial charge in [0.2, 0.25) is 0 Å². The number of halogens is 2. The standard InChI is InChI=1S/C12H16Cl2O2/c1-3-5-7-8(6-4-2)11(15)12(16)10(14)9(7)13/h15-16H,3-6H2,1-2H3. The molecule has 1 rings (SSSR count). The van der Waals surface area contributed by atoms with Crippen molar-refractivity contribution >= 4 is 23.2 Å². The van der Waals surface area contributed by atoms with Gasteiger partial charge in [-0.2, -0.15) is 0 Å². The highest BCUT2D eigenvalue weighted by Crippen LogP contribution is 2.45. The van der Waals surface area contributed by atoms with Gasteiger partial charge in [0.05, 0.1) is 5.02 Å². The Morgan fingerprint density at radius 2 is 1.31 bits per heavy atom. The van der Waals surface area contributed by atoms with E-state index >= 15 is 0 Å². The molecule has 0 aliphatic heterocycles. The molecule has 1 aromatic rings. The van der Waals surface area contributed by atoms with Gasteiger partial charge in [-0.15, -0.1) is 0 Å². The minimum absolute atomic E-state index is 0.0440. The molecular weight excluding hydrogens is 247 g/mol. The Hall–Kier alpha value is -0.600. The number of hydrogen-bond acceptors (Lipinski definition) is 2. The molecule has 0 spiro atoms. The summed E-state index contributed by atoms with van der Waals surface area (Å²) in [6, 6.07) is 0. The summed E-state index contributed by atoms with van der Waals surface area (Å²) in [6.07, 6.45) is 3.23. The monoisotopic (exact) mass is 262 g/mol. The van der Waals surface area contributed by atoms with Gasteiger partial charge in [0.25, 0.3) is 0 Å². The molecule has 0 aliphatic carbocycles. The number of aromatic hydroxyl groups is 2. The van der Waals surface area contributed by atoms with Crippen LogP contribution in [0.5, 0.6) is 11.5 Å². The van der Waals surface area contributed by atoms with E-state index in [1.165, 1.54) is 0 Å². The van der Waals surface area contributed by atoms with Gasteiger partial charge in [-0.3, -0.25) is 0 Å². The third-order valence-electron chi connectivity index (χ3n) is 2.54. The normalized spacial score (nSPS) is 10.8. The highest BCUT2D eigenvalue weighted by atomic mass is 35.5. The number of phenols is 2. The summed E-state index contributed by atoms with van der Waals surface area (Å²) in [5.41, 5.74) is 1.57. The summed E-state index contributed by atoms with van der Waals surface area (Å²) in [7, 11) is 0. The molecule has 16 heavy (non-hydrogen) atoms. The molecule has 0 bridgehead atoms. The van der Waals surface area contributed by atoms with Gasteiger partial charge in [0.15, 0.2) is 11.5 Å². The molecule has 1 aromatic carbocycles. The van der Waals surface area contributed by atoms with Crippen LogP contribution in [-0.4, -0.2) is 10.2 Å². The quantitative estimate of drug-likeness (QED) is 0.794. The summed E-state index contributed by atoms with van der Waals surface area (Å²) < 4.78 is 0. The molecule has 2 nitrogen and oxygen atoms in total. The summed E-state index contributed by atoms with van der Waals surface area (Å²) in [6.45, 7) is 4.04. The van der Waals surface area contributed by atoms with Crippen molar-refractivity contribution in [1.82, 2.24) is 0 Å². The van der Waals surface area contributed by atoms with E-state index < -0.39 is 0 Å². The Labute approximate surface area is 106 Å². The Balaban J connectivity index is 3.42. The van der Waals surface area contributed by atoms with Crippen LogP contribution in [0.2, 0.25) is 10.0 Å². The van der Waals surface area contributed by atoms with Crippen molar-refractivity contribution in [2.24, 2.45) is 0 Å². The Morgan fingerprint density at radius 1 is 0.812 bits per heavy atom. The van der Waals surface area contributed by atoms with Gasteiger partial charge in [-0.1, -0.05) is 49.9 Å². The minimum Gasteiger partial charge on any atom is -0.504 e. The van der Waals surface area contributed by atoms with Crippen LogP contribution in [0.25, 0.3) is 0 Å². The lowest BCUT2D eigenvalue weighted by Gasteiger charge is -2.15. The van der Waals surface area contributed by atoms with Crippen LogP contribution in [0.1, 0.15) is 37.8 Å². The predicted molar refractivity (Wildman–Crippen MR) is 67.8 cm³/mol. The van der Waals surface area contributed by atoms with Crippen molar-refractivity contribution in [1.29, 1.82) is 0 Å². The first-order chi connectivity index (χ1) is 7.54. The molecule has 0 unspecified atom stereocenters. The maximum atomic E-state index is 9.85. The van der Waals surface area contributed by atoms with E-state index in [2.05, 4.69) is 0 Å². The highest BCUT2D eigenvalue weighted by molar-refractivity contribution is 6.43. The van der Waals surface area contributed by atoms with Crippen LogP contribution >= 0.6 is 23.2 Å². The van der Waals surface area contributed by atoms with Gasteiger partial charge < -0.3 is 10.2 Å². The summed E-state index contributed by atoms with van der Waals surface area (Å²) >= 11 is 11.9. The topological polar surface area (TPSA) is 40.5 Å². The molecular formula is C12H16Cl2O2. The summed E-state index contributed by atoms with van der Waals surface area (Å²) in [4.78, 5) is 0. The Morgan fingerprint density at radius 3 is 1.81 bits per heavy atom. The van der Waals surface area contributed by atoms with Crippen molar-refractivity contribution in [3.8, 4) is 11.5 Å². The van der Waals surface area contributed by atoms with Crippen LogP contribution in [-0.2, 0) is 12.8 Å². The van der Waals surface area contributed by atoms with Gasteiger partial charge >= 0.3 is 0 Å². The van der Waals surface area contributed by atoms with Crippen LogP contribution in [0.3, 0.4) is 0 Å².